The van der Waals surface area contributed by atoms with Gasteiger partial charge in [-0.2, -0.15) is 0 Å². The lowest BCUT2D eigenvalue weighted by molar-refractivity contribution is 0.0657. The predicted octanol–water partition coefficient (Wildman–Crippen LogP) is 3.46. The largest absolute Gasteiger partial charge is 0.374 e. The lowest BCUT2D eigenvalue weighted by atomic mass is 10.1. The molecule has 0 bridgehead atoms. The second kappa shape index (κ2) is 9.23. The van der Waals surface area contributed by atoms with Gasteiger partial charge in [-0.1, -0.05) is 30.3 Å². The maximum absolute atomic E-state index is 12.2. The first-order chi connectivity index (χ1) is 13.5. The van der Waals surface area contributed by atoms with Gasteiger partial charge in [0, 0.05) is 31.0 Å². The minimum atomic E-state index is -0.296. The van der Waals surface area contributed by atoms with Gasteiger partial charge in [0.15, 0.2) is 0 Å². The molecule has 3 N–H and O–H groups in total. The van der Waals surface area contributed by atoms with Gasteiger partial charge in [-0.15, -0.1) is 0 Å². The second-order valence-electron chi connectivity index (χ2n) is 6.92. The summed E-state index contributed by atoms with van der Waals surface area (Å²) in [5, 5.41) is 8.41. The van der Waals surface area contributed by atoms with Crippen LogP contribution in [0.25, 0.3) is 0 Å². The number of amides is 4. The van der Waals surface area contributed by atoms with E-state index in [1.807, 2.05) is 50.2 Å². The Morgan fingerprint density at radius 3 is 2.61 bits per heavy atom. The van der Waals surface area contributed by atoms with Crippen molar-refractivity contribution in [3.05, 3.63) is 59.7 Å². The molecule has 1 aliphatic rings. The smallest absolute Gasteiger partial charge is 0.321 e. The van der Waals surface area contributed by atoms with Gasteiger partial charge in [0.05, 0.1) is 12.7 Å². The summed E-state index contributed by atoms with van der Waals surface area (Å²) in [6.07, 6.45) is 0.198. The molecule has 0 atom stereocenters. The summed E-state index contributed by atoms with van der Waals surface area (Å²) in [7, 11) is 0. The van der Waals surface area contributed by atoms with Crippen LogP contribution in [-0.4, -0.2) is 31.3 Å². The van der Waals surface area contributed by atoms with E-state index in [4.69, 9.17) is 4.74 Å². The maximum atomic E-state index is 12.2. The maximum Gasteiger partial charge on any atom is 0.321 e. The zero-order chi connectivity index (χ0) is 19.9. The summed E-state index contributed by atoms with van der Waals surface area (Å²) in [6.45, 7) is 6.26. The molecule has 3 rings (SSSR count). The normalized spacial score (nSPS) is 13.5. The molecule has 0 saturated carbocycles. The SMILES string of the molecule is CC(C)OCc1ccc(CNC(=O)Nc2cccc(N3CCNC3=O)c2)cc1. The van der Waals surface area contributed by atoms with E-state index in [1.54, 1.807) is 17.0 Å². The van der Waals surface area contributed by atoms with Crippen LogP contribution in [0.5, 0.6) is 0 Å². The van der Waals surface area contributed by atoms with Crippen LogP contribution in [0, 0.1) is 0 Å². The van der Waals surface area contributed by atoms with Crippen LogP contribution in [0.2, 0.25) is 0 Å². The number of ether oxygens (including phenoxy) is 1. The number of nitrogens with one attached hydrogen (secondary N) is 3. The minimum absolute atomic E-state index is 0.121. The summed E-state index contributed by atoms with van der Waals surface area (Å²) >= 11 is 0. The summed E-state index contributed by atoms with van der Waals surface area (Å²) in [4.78, 5) is 25.6. The zero-order valence-electron chi connectivity index (χ0n) is 16.2. The van der Waals surface area contributed by atoms with Gasteiger partial charge in [0.1, 0.15) is 0 Å². The Morgan fingerprint density at radius 2 is 1.93 bits per heavy atom. The molecule has 2 aromatic carbocycles. The van der Waals surface area contributed by atoms with Crippen LogP contribution in [0.1, 0.15) is 25.0 Å². The summed E-state index contributed by atoms with van der Waals surface area (Å²) in [6, 6.07) is 14.8. The summed E-state index contributed by atoms with van der Waals surface area (Å²) in [5.74, 6) is 0. The Morgan fingerprint density at radius 1 is 1.18 bits per heavy atom. The van der Waals surface area contributed by atoms with Crippen LogP contribution >= 0.6 is 0 Å². The van der Waals surface area contributed by atoms with Gasteiger partial charge >= 0.3 is 12.1 Å². The van der Waals surface area contributed by atoms with Crippen molar-refractivity contribution in [2.24, 2.45) is 0 Å². The molecule has 148 valence electrons. The second-order valence-corrected chi connectivity index (χ2v) is 6.92. The molecule has 0 aliphatic carbocycles. The third-order valence-corrected chi connectivity index (χ3v) is 4.33. The molecule has 0 aromatic heterocycles. The van der Waals surface area contributed by atoms with Crippen molar-refractivity contribution in [1.29, 1.82) is 0 Å². The number of benzene rings is 2. The number of hydrogen-bond acceptors (Lipinski definition) is 3. The van der Waals surface area contributed by atoms with E-state index < -0.39 is 0 Å². The van der Waals surface area contributed by atoms with Gasteiger partial charge in [0.2, 0.25) is 0 Å². The Balaban J connectivity index is 1.50. The Labute approximate surface area is 165 Å². The lowest BCUT2D eigenvalue weighted by Crippen LogP contribution is -2.29. The van der Waals surface area contributed by atoms with Gasteiger partial charge in [-0.05, 0) is 43.2 Å². The number of carbonyl (C=O) groups is 2. The average molecular weight is 382 g/mol. The van der Waals surface area contributed by atoms with E-state index in [0.29, 0.717) is 31.9 Å². The van der Waals surface area contributed by atoms with Gasteiger partial charge in [-0.3, -0.25) is 4.90 Å². The van der Waals surface area contributed by atoms with Crippen molar-refractivity contribution in [2.75, 3.05) is 23.3 Å². The van der Waals surface area contributed by atoms with Crippen LogP contribution in [0.15, 0.2) is 48.5 Å². The number of carbonyl (C=O) groups excluding carboxylic acids is 2. The van der Waals surface area contributed by atoms with Crippen molar-refractivity contribution in [1.82, 2.24) is 10.6 Å². The lowest BCUT2D eigenvalue weighted by Gasteiger charge is -2.15. The molecule has 1 aliphatic heterocycles. The molecular weight excluding hydrogens is 356 g/mol. The van der Waals surface area contributed by atoms with E-state index in [2.05, 4.69) is 16.0 Å². The number of rotatable bonds is 7. The van der Waals surface area contributed by atoms with E-state index in [0.717, 1.165) is 16.8 Å². The molecule has 4 amide bonds. The first kappa shape index (κ1) is 19.7. The van der Waals surface area contributed by atoms with Crippen LogP contribution < -0.4 is 20.9 Å². The zero-order valence-corrected chi connectivity index (χ0v) is 16.2. The van der Waals surface area contributed by atoms with Crippen molar-refractivity contribution in [3.63, 3.8) is 0 Å². The fraction of sp³-hybridized carbons (Fsp3) is 0.333. The van der Waals surface area contributed by atoms with Crippen molar-refractivity contribution in [3.8, 4) is 0 Å². The first-order valence-corrected chi connectivity index (χ1v) is 9.41. The molecule has 0 radical (unpaired) electrons. The topological polar surface area (TPSA) is 82.7 Å². The van der Waals surface area contributed by atoms with Crippen LogP contribution in [0.3, 0.4) is 0 Å². The molecule has 1 fully saturated rings. The summed E-state index contributed by atoms with van der Waals surface area (Å²) in [5.41, 5.74) is 3.50. The number of hydrogen-bond donors (Lipinski definition) is 3. The molecule has 0 unspecified atom stereocenters. The molecule has 7 nitrogen and oxygen atoms in total. The van der Waals surface area contributed by atoms with Gasteiger partial charge in [0.25, 0.3) is 0 Å². The van der Waals surface area contributed by atoms with Crippen molar-refractivity contribution >= 4 is 23.4 Å². The van der Waals surface area contributed by atoms with Crippen molar-refractivity contribution in [2.45, 2.75) is 33.1 Å². The Hall–Kier alpha value is -3.06. The summed E-state index contributed by atoms with van der Waals surface area (Å²) < 4.78 is 5.58. The molecule has 1 saturated heterocycles. The highest BCUT2D eigenvalue weighted by Gasteiger charge is 2.21. The molecule has 7 heteroatoms. The number of urea groups is 2. The van der Waals surface area contributed by atoms with E-state index in [-0.39, 0.29) is 18.2 Å². The molecular formula is C21H26N4O3. The number of anilines is 2. The Kier molecular flexibility index (Phi) is 6.49. The predicted molar refractivity (Wildman–Crippen MR) is 109 cm³/mol. The monoisotopic (exact) mass is 382 g/mol. The molecule has 28 heavy (non-hydrogen) atoms. The van der Waals surface area contributed by atoms with Crippen LogP contribution in [-0.2, 0) is 17.9 Å². The standard InChI is InChI=1S/C21H26N4O3/c1-15(2)28-14-17-8-6-16(7-9-17)13-23-20(26)24-18-4-3-5-19(12-18)25-11-10-22-21(25)27/h3-9,12,15H,10-11,13-14H2,1-2H3,(H,22,27)(H2,23,24,26). The highest BCUT2D eigenvalue weighted by molar-refractivity contribution is 5.95. The van der Waals surface area contributed by atoms with Gasteiger partial charge in [-0.25, -0.2) is 9.59 Å². The fourth-order valence-electron chi connectivity index (χ4n) is 2.84. The fourth-order valence-corrected chi connectivity index (χ4v) is 2.84. The highest BCUT2D eigenvalue weighted by atomic mass is 16.5. The Bertz CT molecular complexity index is 821. The molecule has 0 spiro atoms. The van der Waals surface area contributed by atoms with E-state index in [9.17, 15) is 9.59 Å². The molecule has 2 aromatic rings. The van der Waals surface area contributed by atoms with Crippen molar-refractivity contribution < 1.29 is 14.3 Å². The minimum Gasteiger partial charge on any atom is -0.374 e. The number of nitrogens with zero attached hydrogens (tertiary/aromatic N) is 1. The first-order valence-electron chi connectivity index (χ1n) is 9.41. The molecule has 1 heterocycles. The third-order valence-electron chi connectivity index (χ3n) is 4.33. The highest BCUT2D eigenvalue weighted by Crippen LogP contribution is 2.21. The van der Waals surface area contributed by atoms with E-state index >= 15 is 0 Å². The quantitative estimate of drug-likeness (QED) is 0.686. The van der Waals surface area contributed by atoms with Crippen LogP contribution in [0.4, 0.5) is 21.0 Å². The van der Waals surface area contributed by atoms with E-state index in [1.165, 1.54) is 0 Å². The average Bonchev–Trinajstić information content (AvgIpc) is 3.12. The van der Waals surface area contributed by atoms with Gasteiger partial charge < -0.3 is 20.7 Å². The third kappa shape index (κ3) is 5.47.